The van der Waals surface area contributed by atoms with E-state index >= 15 is 0 Å². The van der Waals surface area contributed by atoms with Crippen molar-refractivity contribution in [1.29, 1.82) is 0 Å². The van der Waals surface area contributed by atoms with Crippen LogP contribution < -0.4 is 0 Å². The molecule has 2 aliphatic rings. The third kappa shape index (κ3) is 2.90. The number of carbonyl (C=O) groups is 1. The summed E-state index contributed by atoms with van der Waals surface area (Å²) in [4.78, 5) is 13.8. The summed E-state index contributed by atoms with van der Waals surface area (Å²) in [6.45, 7) is 5.51. The smallest absolute Gasteiger partial charge is 0.144 e. The van der Waals surface area contributed by atoms with Crippen LogP contribution in [0.2, 0.25) is 0 Å². The van der Waals surface area contributed by atoms with Crippen molar-refractivity contribution in [1.82, 2.24) is 4.90 Å². The van der Waals surface area contributed by atoms with Crippen LogP contribution in [0, 0.1) is 11.3 Å². The molecule has 2 fully saturated rings. The van der Waals surface area contributed by atoms with Crippen LogP contribution in [0.4, 0.5) is 0 Å². The lowest BCUT2D eigenvalue weighted by Crippen LogP contribution is -2.40. The topological polar surface area (TPSA) is 29.5 Å². The summed E-state index contributed by atoms with van der Waals surface area (Å²) in [7, 11) is 1.83. The van der Waals surface area contributed by atoms with E-state index in [1.54, 1.807) is 0 Å². The lowest BCUT2D eigenvalue weighted by Gasteiger charge is -2.39. The molecule has 3 rings (SSSR count). The van der Waals surface area contributed by atoms with Gasteiger partial charge in [-0.25, -0.2) is 0 Å². The summed E-state index contributed by atoms with van der Waals surface area (Å²) in [6.07, 6.45) is 7.44. The number of allylic oxidation sites excluding steroid dienone is 2. The SMILES string of the molecule is CCN1/C(=C\C=O)C(C)(Cc2ccccc2)C2CC(OC)CCC21. The highest BCUT2D eigenvalue weighted by Gasteiger charge is 2.54. The fraction of sp³-hybridized carbons (Fsp3) is 0.571. The predicted molar refractivity (Wildman–Crippen MR) is 96.7 cm³/mol. The van der Waals surface area contributed by atoms with E-state index in [2.05, 4.69) is 49.1 Å². The molecule has 1 saturated carbocycles. The summed E-state index contributed by atoms with van der Waals surface area (Å²) in [6, 6.07) is 11.2. The third-order valence-electron chi connectivity index (χ3n) is 6.19. The van der Waals surface area contributed by atoms with Gasteiger partial charge in [0.05, 0.1) is 6.10 Å². The molecule has 0 spiro atoms. The van der Waals surface area contributed by atoms with Gasteiger partial charge in [0.1, 0.15) is 6.29 Å². The predicted octanol–water partition coefficient (Wildman–Crippen LogP) is 3.84. The van der Waals surface area contributed by atoms with Gasteiger partial charge in [-0.3, -0.25) is 4.79 Å². The van der Waals surface area contributed by atoms with Gasteiger partial charge in [-0.05, 0) is 50.2 Å². The maximum Gasteiger partial charge on any atom is 0.144 e. The van der Waals surface area contributed by atoms with E-state index in [0.29, 0.717) is 18.1 Å². The quantitative estimate of drug-likeness (QED) is 0.608. The Hall–Kier alpha value is -1.61. The number of nitrogens with zero attached hydrogens (tertiary/aromatic N) is 1. The van der Waals surface area contributed by atoms with Gasteiger partial charge in [-0.2, -0.15) is 0 Å². The Kier molecular flexibility index (Phi) is 5.09. The number of benzene rings is 1. The second kappa shape index (κ2) is 7.10. The first-order chi connectivity index (χ1) is 11.6. The molecule has 3 heteroatoms. The summed E-state index contributed by atoms with van der Waals surface area (Å²) in [5.41, 5.74) is 2.55. The van der Waals surface area contributed by atoms with Crippen molar-refractivity contribution in [2.75, 3.05) is 13.7 Å². The van der Waals surface area contributed by atoms with Crippen LogP contribution in [-0.2, 0) is 16.0 Å². The molecular formula is C21H29NO2. The first-order valence-electron chi connectivity index (χ1n) is 9.13. The molecule has 3 nitrogen and oxygen atoms in total. The fourth-order valence-electron chi connectivity index (χ4n) is 5.08. The number of ether oxygens (including phenoxy) is 1. The Morgan fingerprint density at radius 1 is 1.29 bits per heavy atom. The van der Waals surface area contributed by atoms with Crippen LogP contribution in [0.1, 0.15) is 38.7 Å². The second-order valence-corrected chi connectivity index (χ2v) is 7.40. The molecule has 0 N–H and O–H groups in total. The number of aldehydes is 1. The minimum absolute atomic E-state index is 0.0137. The summed E-state index contributed by atoms with van der Waals surface area (Å²) < 4.78 is 5.70. The first-order valence-corrected chi connectivity index (χ1v) is 9.13. The van der Waals surface area contributed by atoms with Crippen molar-refractivity contribution in [3.05, 3.63) is 47.7 Å². The van der Waals surface area contributed by atoms with Gasteiger partial charge in [0.25, 0.3) is 0 Å². The number of carbonyl (C=O) groups excluding carboxylic acids is 1. The summed E-state index contributed by atoms with van der Waals surface area (Å²) in [5.74, 6) is 0.530. The highest BCUT2D eigenvalue weighted by atomic mass is 16.5. The number of fused-ring (bicyclic) bond motifs is 1. The van der Waals surface area contributed by atoms with Crippen LogP contribution in [-0.4, -0.2) is 37.0 Å². The van der Waals surface area contributed by atoms with E-state index in [0.717, 1.165) is 38.5 Å². The number of rotatable bonds is 5. The second-order valence-electron chi connectivity index (χ2n) is 7.40. The Labute approximate surface area is 145 Å². The third-order valence-corrected chi connectivity index (χ3v) is 6.19. The van der Waals surface area contributed by atoms with Crippen LogP contribution in [0.25, 0.3) is 0 Å². The van der Waals surface area contributed by atoms with Gasteiger partial charge in [0.2, 0.25) is 0 Å². The fourth-order valence-corrected chi connectivity index (χ4v) is 5.08. The molecule has 4 atom stereocenters. The van der Waals surface area contributed by atoms with Crippen LogP contribution in [0.5, 0.6) is 0 Å². The summed E-state index contributed by atoms with van der Waals surface area (Å²) in [5, 5.41) is 0. The molecule has 1 aromatic rings. The monoisotopic (exact) mass is 327 g/mol. The van der Waals surface area contributed by atoms with Gasteiger partial charge in [-0.15, -0.1) is 0 Å². The molecule has 0 radical (unpaired) electrons. The Morgan fingerprint density at radius 2 is 2.04 bits per heavy atom. The van der Waals surface area contributed by atoms with Crippen molar-refractivity contribution in [3.63, 3.8) is 0 Å². The normalized spacial score (nSPS) is 34.4. The minimum Gasteiger partial charge on any atom is -0.381 e. The van der Waals surface area contributed by atoms with Crippen LogP contribution in [0.15, 0.2) is 42.1 Å². The van der Waals surface area contributed by atoms with Crippen molar-refractivity contribution in [3.8, 4) is 0 Å². The molecule has 0 aromatic heterocycles. The molecule has 1 heterocycles. The maximum absolute atomic E-state index is 11.4. The number of hydrogen-bond acceptors (Lipinski definition) is 3. The Balaban J connectivity index is 2.00. The van der Waals surface area contributed by atoms with E-state index < -0.39 is 0 Å². The number of methoxy groups -OCH3 is 1. The molecule has 130 valence electrons. The van der Waals surface area contributed by atoms with Crippen molar-refractivity contribution >= 4 is 6.29 Å². The average Bonchev–Trinajstić information content (AvgIpc) is 2.84. The van der Waals surface area contributed by atoms with Gasteiger partial charge < -0.3 is 9.64 Å². The molecule has 1 saturated heterocycles. The zero-order chi connectivity index (χ0) is 17.2. The van der Waals surface area contributed by atoms with Gasteiger partial charge in [-0.1, -0.05) is 37.3 Å². The maximum atomic E-state index is 11.4. The highest BCUT2D eigenvalue weighted by molar-refractivity contribution is 5.67. The number of likely N-dealkylation sites (tertiary alicyclic amines) is 1. The van der Waals surface area contributed by atoms with E-state index in [4.69, 9.17) is 4.74 Å². The summed E-state index contributed by atoms with van der Waals surface area (Å²) >= 11 is 0. The van der Waals surface area contributed by atoms with Gasteiger partial charge >= 0.3 is 0 Å². The van der Waals surface area contributed by atoms with E-state index in [1.165, 1.54) is 11.3 Å². The Morgan fingerprint density at radius 3 is 2.67 bits per heavy atom. The molecule has 4 unspecified atom stereocenters. The van der Waals surface area contributed by atoms with E-state index in [9.17, 15) is 4.79 Å². The first kappa shape index (κ1) is 17.2. The van der Waals surface area contributed by atoms with Crippen LogP contribution >= 0.6 is 0 Å². The van der Waals surface area contributed by atoms with Crippen LogP contribution in [0.3, 0.4) is 0 Å². The van der Waals surface area contributed by atoms with E-state index in [-0.39, 0.29) is 5.41 Å². The standard InChI is InChI=1S/C21H29NO2/c1-4-22-19-11-10-17(24-3)14-18(19)21(2,20(22)12-13-23)15-16-8-6-5-7-9-16/h5-9,12-13,17-19H,4,10-11,14-15H2,1-3H3/b20-12-. The number of hydrogen-bond donors (Lipinski definition) is 0. The minimum atomic E-state index is -0.0137. The van der Waals surface area contributed by atoms with Crippen molar-refractivity contribution in [2.24, 2.45) is 11.3 Å². The molecule has 0 amide bonds. The van der Waals surface area contributed by atoms with Crippen molar-refractivity contribution in [2.45, 2.75) is 51.7 Å². The zero-order valence-electron chi connectivity index (χ0n) is 15.1. The average molecular weight is 327 g/mol. The molecular weight excluding hydrogens is 298 g/mol. The zero-order valence-corrected chi connectivity index (χ0v) is 15.1. The van der Waals surface area contributed by atoms with Gasteiger partial charge in [0, 0.05) is 30.8 Å². The molecule has 24 heavy (non-hydrogen) atoms. The van der Waals surface area contributed by atoms with Crippen molar-refractivity contribution < 1.29 is 9.53 Å². The van der Waals surface area contributed by atoms with Gasteiger partial charge in [0.15, 0.2) is 0 Å². The molecule has 1 aromatic carbocycles. The molecule has 0 bridgehead atoms. The van der Waals surface area contributed by atoms with E-state index in [1.807, 2.05) is 13.2 Å². The molecule has 1 aliphatic carbocycles. The lowest BCUT2D eigenvalue weighted by molar-refractivity contribution is -0.104. The molecule has 1 aliphatic heterocycles. The highest BCUT2D eigenvalue weighted by Crippen LogP contribution is 2.55. The lowest BCUT2D eigenvalue weighted by atomic mass is 9.66. The Bertz CT molecular complexity index is 597. The largest absolute Gasteiger partial charge is 0.381 e.